The zero-order valence-electron chi connectivity index (χ0n) is 12.7. The summed E-state index contributed by atoms with van der Waals surface area (Å²) in [6.07, 6.45) is 1.97. The van der Waals surface area contributed by atoms with Gasteiger partial charge in [0.25, 0.3) is 5.69 Å². The van der Waals surface area contributed by atoms with Crippen LogP contribution in [-0.2, 0) is 0 Å². The van der Waals surface area contributed by atoms with E-state index in [9.17, 15) is 14.9 Å². The predicted molar refractivity (Wildman–Crippen MR) is 82.0 cm³/mol. The maximum Gasteiger partial charge on any atom is 0.293 e. The molecule has 1 aliphatic heterocycles. The molecule has 1 aliphatic rings. The largest absolute Gasteiger partial charge is 0.366 e. The van der Waals surface area contributed by atoms with Crippen molar-refractivity contribution < 1.29 is 9.72 Å². The van der Waals surface area contributed by atoms with E-state index in [1.54, 1.807) is 12.1 Å². The minimum absolute atomic E-state index is 0.00382. The van der Waals surface area contributed by atoms with Crippen molar-refractivity contribution in [3.05, 3.63) is 33.9 Å². The van der Waals surface area contributed by atoms with E-state index in [4.69, 9.17) is 0 Å². The molecule has 0 saturated carbocycles. The summed E-state index contributed by atoms with van der Waals surface area (Å²) in [5.74, 6) is -0.161. The summed E-state index contributed by atoms with van der Waals surface area (Å²) in [5, 5.41) is 11.3. The highest BCUT2D eigenvalue weighted by Crippen LogP contribution is 2.31. The van der Waals surface area contributed by atoms with Crippen molar-refractivity contribution in [2.24, 2.45) is 0 Å². The van der Waals surface area contributed by atoms with Crippen LogP contribution in [0.3, 0.4) is 0 Å². The monoisotopic (exact) mass is 291 g/mol. The minimum Gasteiger partial charge on any atom is -0.366 e. The Labute approximate surface area is 124 Å². The van der Waals surface area contributed by atoms with Gasteiger partial charge in [-0.2, -0.15) is 0 Å². The molecule has 1 saturated heterocycles. The predicted octanol–water partition coefficient (Wildman–Crippen LogP) is 2.33. The lowest BCUT2D eigenvalue weighted by Gasteiger charge is -2.36. The van der Waals surface area contributed by atoms with Gasteiger partial charge >= 0.3 is 0 Å². The number of carbonyl (C=O) groups excluding carboxylic acids is 1. The number of anilines is 1. The number of Topliss-reactive ketones (excluding diaryl/α,β-unsaturated/α-hetero) is 1. The summed E-state index contributed by atoms with van der Waals surface area (Å²) in [6.45, 7) is 3.40. The van der Waals surface area contributed by atoms with Gasteiger partial charge in [-0.05, 0) is 52.0 Å². The van der Waals surface area contributed by atoms with E-state index in [0.29, 0.717) is 17.3 Å². The quantitative estimate of drug-likeness (QED) is 0.484. The topological polar surface area (TPSA) is 66.7 Å². The molecule has 0 N–H and O–H groups in total. The van der Waals surface area contributed by atoms with Crippen LogP contribution in [0.25, 0.3) is 0 Å². The molecule has 0 unspecified atom stereocenters. The Morgan fingerprint density at radius 1 is 1.38 bits per heavy atom. The molecule has 21 heavy (non-hydrogen) atoms. The number of nitro groups is 1. The maximum atomic E-state index is 11.4. The molecule has 0 radical (unpaired) electrons. The molecule has 1 heterocycles. The summed E-state index contributed by atoms with van der Waals surface area (Å²) in [7, 11) is 3.98. The van der Waals surface area contributed by atoms with Crippen LogP contribution in [0.4, 0.5) is 11.4 Å². The van der Waals surface area contributed by atoms with Crippen molar-refractivity contribution >= 4 is 17.2 Å². The normalized spacial score (nSPS) is 16.7. The number of hydrogen-bond acceptors (Lipinski definition) is 5. The Bertz CT molecular complexity index is 551. The number of ketones is 1. The maximum absolute atomic E-state index is 11.4. The first-order chi connectivity index (χ1) is 9.90. The van der Waals surface area contributed by atoms with E-state index in [-0.39, 0.29) is 11.5 Å². The lowest BCUT2D eigenvalue weighted by Crippen LogP contribution is -2.42. The van der Waals surface area contributed by atoms with Gasteiger partial charge in [0.05, 0.1) is 4.92 Å². The highest BCUT2D eigenvalue weighted by atomic mass is 16.6. The van der Waals surface area contributed by atoms with Crippen LogP contribution in [0.5, 0.6) is 0 Å². The van der Waals surface area contributed by atoms with Crippen LogP contribution in [-0.4, -0.2) is 48.8 Å². The molecule has 0 spiro atoms. The second-order valence-electron chi connectivity index (χ2n) is 5.66. The molecule has 0 aliphatic carbocycles. The molecule has 1 fully saturated rings. The molecular weight excluding hydrogens is 270 g/mol. The lowest BCUT2D eigenvalue weighted by atomic mass is 10.0. The van der Waals surface area contributed by atoms with Crippen LogP contribution in [0.15, 0.2) is 18.2 Å². The van der Waals surface area contributed by atoms with Crippen molar-refractivity contribution in [3.8, 4) is 0 Å². The van der Waals surface area contributed by atoms with Crippen molar-refractivity contribution in [2.75, 3.05) is 32.1 Å². The Hall–Kier alpha value is -1.95. The fraction of sp³-hybridized carbons (Fsp3) is 0.533. The van der Waals surface area contributed by atoms with Gasteiger partial charge < -0.3 is 9.80 Å². The minimum atomic E-state index is -0.409. The van der Waals surface area contributed by atoms with Crippen LogP contribution in [0.2, 0.25) is 0 Å². The molecular formula is C15H21N3O3. The van der Waals surface area contributed by atoms with Crippen molar-refractivity contribution in [3.63, 3.8) is 0 Å². The number of nitrogens with zero attached hydrogens (tertiary/aromatic N) is 3. The summed E-state index contributed by atoms with van der Waals surface area (Å²) >= 11 is 0. The number of piperidine rings is 1. The molecule has 0 bridgehead atoms. The first-order valence-corrected chi connectivity index (χ1v) is 7.11. The summed E-state index contributed by atoms with van der Waals surface area (Å²) in [4.78, 5) is 26.5. The van der Waals surface area contributed by atoms with E-state index >= 15 is 0 Å². The standard InChI is InChI=1S/C15H21N3O3/c1-11(19)12-4-5-14(15(10-12)18(20)21)17(3)13-6-8-16(2)9-7-13/h4-5,10,13H,6-9H2,1-3H3. The highest BCUT2D eigenvalue weighted by molar-refractivity contribution is 5.95. The zero-order valence-corrected chi connectivity index (χ0v) is 12.7. The number of carbonyl (C=O) groups is 1. The Morgan fingerprint density at radius 2 is 2.00 bits per heavy atom. The summed E-state index contributed by atoms with van der Waals surface area (Å²) in [6, 6.07) is 5.02. The Morgan fingerprint density at radius 3 is 2.52 bits per heavy atom. The first kappa shape index (κ1) is 15.4. The second-order valence-corrected chi connectivity index (χ2v) is 5.66. The van der Waals surface area contributed by atoms with E-state index in [2.05, 4.69) is 11.9 Å². The van der Waals surface area contributed by atoms with Crippen molar-refractivity contribution in [2.45, 2.75) is 25.8 Å². The Kier molecular flexibility index (Phi) is 4.57. The van der Waals surface area contributed by atoms with Gasteiger partial charge in [0.1, 0.15) is 5.69 Å². The van der Waals surface area contributed by atoms with E-state index in [1.165, 1.54) is 13.0 Å². The van der Waals surface area contributed by atoms with Gasteiger partial charge in [-0.1, -0.05) is 0 Å². The number of likely N-dealkylation sites (tertiary alicyclic amines) is 1. The number of hydrogen-bond donors (Lipinski definition) is 0. The SMILES string of the molecule is CC(=O)c1ccc(N(C)C2CCN(C)CC2)c([N+](=O)[O-])c1. The van der Waals surface area contributed by atoms with Gasteiger partial charge in [-0.3, -0.25) is 14.9 Å². The van der Waals surface area contributed by atoms with Gasteiger partial charge in [0.2, 0.25) is 0 Å². The third kappa shape index (κ3) is 3.39. The highest BCUT2D eigenvalue weighted by Gasteiger charge is 2.26. The fourth-order valence-electron chi connectivity index (χ4n) is 2.77. The smallest absolute Gasteiger partial charge is 0.293 e. The summed E-state index contributed by atoms with van der Waals surface area (Å²) in [5.41, 5.74) is 0.964. The van der Waals surface area contributed by atoms with Crippen molar-refractivity contribution in [1.82, 2.24) is 4.90 Å². The van der Waals surface area contributed by atoms with E-state index in [1.807, 2.05) is 11.9 Å². The van der Waals surface area contributed by atoms with Crippen LogP contribution >= 0.6 is 0 Å². The molecule has 0 aromatic heterocycles. The second kappa shape index (κ2) is 6.22. The van der Waals surface area contributed by atoms with Crippen molar-refractivity contribution in [1.29, 1.82) is 0 Å². The number of rotatable bonds is 4. The molecule has 6 nitrogen and oxygen atoms in total. The molecule has 1 aromatic carbocycles. The zero-order chi connectivity index (χ0) is 15.6. The van der Waals surface area contributed by atoms with Gasteiger partial charge in [-0.25, -0.2) is 0 Å². The average molecular weight is 291 g/mol. The molecule has 1 aromatic rings. The van der Waals surface area contributed by atoms with Crippen LogP contribution < -0.4 is 4.90 Å². The number of nitro benzene ring substituents is 1. The Balaban J connectivity index is 2.29. The fourth-order valence-corrected chi connectivity index (χ4v) is 2.77. The third-order valence-corrected chi connectivity index (χ3v) is 4.19. The van der Waals surface area contributed by atoms with Crippen LogP contribution in [0.1, 0.15) is 30.1 Å². The van der Waals surface area contributed by atoms with Gasteiger partial charge in [-0.15, -0.1) is 0 Å². The van der Waals surface area contributed by atoms with Gasteiger partial charge in [0.15, 0.2) is 5.78 Å². The molecule has 6 heteroatoms. The molecule has 114 valence electrons. The molecule has 0 amide bonds. The van der Waals surface area contributed by atoms with E-state index < -0.39 is 4.92 Å². The number of benzene rings is 1. The molecule has 2 rings (SSSR count). The van der Waals surface area contributed by atoms with E-state index in [0.717, 1.165) is 25.9 Å². The molecule has 0 atom stereocenters. The first-order valence-electron chi connectivity index (χ1n) is 7.11. The summed E-state index contributed by atoms with van der Waals surface area (Å²) < 4.78 is 0. The third-order valence-electron chi connectivity index (χ3n) is 4.19. The lowest BCUT2D eigenvalue weighted by molar-refractivity contribution is -0.384. The van der Waals surface area contributed by atoms with Crippen LogP contribution in [0, 0.1) is 10.1 Å². The van der Waals surface area contributed by atoms with Gasteiger partial charge in [0, 0.05) is 24.7 Å². The average Bonchev–Trinajstić information content (AvgIpc) is 2.46.